The van der Waals surface area contributed by atoms with Gasteiger partial charge in [0.05, 0.1) is 7.11 Å². The van der Waals surface area contributed by atoms with E-state index in [1.54, 1.807) is 24.1 Å². The van der Waals surface area contributed by atoms with E-state index in [9.17, 15) is 14.4 Å². The average molecular weight is 348 g/mol. The Morgan fingerprint density at radius 2 is 1.92 bits per heavy atom. The van der Waals surface area contributed by atoms with Crippen molar-refractivity contribution in [3.05, 3.63) is 35.4 Å². The summed E-state index contributed by atoms with van der Waals surface area (Å²) in [7, 11) is 3.01. The zero-order valence-electron chi connectivity index (χ0n) is 15.7. The van der Waals surface area contributed by atoms with E-state index in [0.717, 1.165) is 5.56 Å². The molecule has 138 valence electrons. The Bertz CT molecular complexity index is 613. The van der Waals surface area contributed by atoms with Gasteiger partial charge in [0.2, 0.25) is 5.91 Å². The third-order valence-corrected chi connectivity index (χ3v) is 3.98. The second-order valence-electron chi connectivity index (χ2n) is 6.50. The van der Waals surface area contributed by atoms with Gasteiger partial charge < -0.3 is 15.0 Å². The van der Waals surface area contributed by atoms with Crippen LogP contribution in [0.4, 0.5) is 0 Å². The smallest absolute Gasteiger partial charge is 0.305 e. The fourth-order valence-electron chi connectivity index (χ4n) is 2.43. The molecule has 0 saturated carbocycles. The number of ether oxygens (including phenoxy) is 1. The van der Waals surface area contributed by atoms with Gasteiger partial charge in [0.1, 0.15) is 6.04 Å². The molecule has 0 saturated heterocycles. The van der Waals surface area contributed by atoms with Gasteiger partial charge in [-0.1, -0.05) is 31.5 Å². The van der Waals surface area contributed by atoms with Crippen molar-refractivity contribution in [2.24, 2.45) is 5.92 Å². The molecule has 0 aliphatic carbocycles. The van der Waals surface area contributed by atoms with Crippen LogP contribution in [0.15, 0.2) is 24.3 Å². The van der Waals surface area contributed by atoms with E-state index in [4.69, 9.17) is 0 Å². The van der Waals surface area contributed by atoms with Gasteiger partial charge in [-0.15, -0.1) is 0 Å². The SMILES string of the molecule is COC(=O)CCCN(C)C(=O)C(NC(=O)c1cccc(C)c1)C(C)C. The second-order valence-corrected chi connectivity index (χ2v) is 6.50. The van der Waals surface area contributed by atoms with Crippen LogP contribution in [-0.4, -0.2) is 49.4 Å². The first-order valence-corrected chi connectivity index (χ1v) is 8.45. The molecule has 6 heteroatoms. The predicted molar refractivity (Wildman–Crippen MR) is 96.2 cm³/mol. The van der Waals surface area contributed by atoms with Crippen molar-refractivity contribution in [3.8, 4) is 0 Å². The minimum Gasteiger partial charge on any atom is -0.469 e. The summed E-state index contributed by atoms with van der Waals surface area (Å²) in [5.74, 6) is -0.780. The maximum atomic E-state index is 12.7. The van der Waals surface area contributed by atoms with Crippen molar-refractivity contribution in [1.82, 2.24) is 10.2 Å². The number of aryl methyl sites for hydroxylation is 1. The summed E-state index contributed by atoms with van der Waals surface area (Å²) in [6, 6.07) is 6.63. The Morgan fingerprint density at radius 1 is 1.24 bits per heavy atom. The lowest BCUT2D eigenvalue weighted by Gasteiger charge is -2.27. The molecule has 0 aromatic heterocycles. The largest absolute Gasteiger partial charge is 0.469 e. The molecule has 25 heavy (non-hydrogen) atoms. The molecule has 1 aromatic rings. The molecule has 0 bridgehead atoms. The van der Waals surface area contributed by atoms with Crippen LogP contribution in [-0.2, 0) is 14.3 Å². The minimum absolute atomic E-state index is 0.0516. The number of carbonyl (C=O) groups is 3. The van der Waals surface area contributed by atoms with Crippen molar-refractivity contribution in [1.29, 1.82) is 0 Å². The van der Waals surface area contributed by atoms with Crippen molar-refractivity contribution in [2.75, 3.05) is 20.7 Å². The van der Waals surface area contributed by atoms with Crippen LogP contribution in [0.3, 0.4) is 0 Å². The molecule has 1 aromatic carbocycles. The maximum Gasteiger partial charge on any atom is 0.305 e. The van der Waals surface area contributed by atoms with Gasteiger partial charge in [-0.3, -0.25) is 14.4 Å². The van der Waals surface area contributed by atoms with Crippen LogP contribution >= 0.6 is 0 Å². The lowest BCUT2D eigenvalue weighted by molar-refractivity contribution is -0.141. The fraction of sp³-hybridized carbons (Fsp3) is 0.526. The van der Waals surface area contributed by atoms with Gasteiger partial charge in [-0.05, 0) is 31.4 Å². The molecule has 0 radical (unpaired) electrons. The average Bonchev–Trinajstić information content (AvgIpc) is 2.58. The molecule has 2 amide bonds. The molecule has 1 atom stereocenters. The van der Waals surface area contributed by atoms with Gasteiger partial charge in [-0.25, -0.2) is 0 Å². The van der Waals surface area contributed by atoms with E-state index in [-0.39, 0.29) is 30.1 Å². The molecular formula is C19H28N2O4. The molecule has 0 spiro atoms. The normalized spacial score (nSPS) is 11.8. The number of methoxy groups -OCH3 is 1. The monoisotopic (exact) mass is 348 g/mol. The van der Waals surface area contributed by atoms with Crippen LogP contribution < -0.4 is 5.32 Å². The summed E-state index contributed by atoms with van der Waals surface area (Å²) < 4.78 is 4.59. The number of rotatable bonds is 8. The molecule has 1 rings (SSSR count). The highest BCUT2D eigenvalue weighted by Gasteiger charge is 2.27. The summed E-state index contributed by atoms with van der Waals surface area (Å²) in [5.41, 5.74) is 1.52. The summed E-state index contributed by atoms with van der Waals surface area (Å²) in [4.78, 5) is 37.8. The van der Waals surface area contributed by atoms with Gasteiger partial charge in [0.25, 0.3) is 5.91 Å². The number of benzene rings is 1. The first kappa shape index (κ1) is 20.7. The lowest BCUT2D eigenvalue weighted by atomic mass is 10.0. The first-order valence-electron chi connectivity index (χ1n) is 8.45. The number of hydrogen-bond acceptors (Lipinski definition) is 4. The Morgan fingerprint density at radius 3 is 2.48 bits per heavy atom. The summed E-state index contributed by atoms with van der Waals surface area (Å²) in [6.45, 7) is 6.12. The highest BCUT2D eigenvalue weighted by Crippen LogP contribution is 2.10. The van der Waals surface area contributed by atoms with E-state index >= 15 is 0 Å². The van der Waals surface area contributed by atoms with E-state index in [1.165, 1.54) is 7.11 Å². The zero-order chi connectivity index (χ0) is 19.0. The summed E-state index contributed by atoms with van der Waals surface area (Å²) in [6.07, 6.45) is 0.779. The predicted octanol–water partition coefficient (Wildman–Crippen LogP) is 2.16. The van der Waals surface area contributed by atoms with Gasteiger partial charge in [0.15, 0.2) is 0 Å². The summed E-state index contributed by atoms with van der Waals surface area (Å²) in [5, 5.41) is 2.83. The van der Waals surface area contributed by atoms with Crippen LogP contribution in [0.2, 0.25) is 0 Å². The second kappa shape index (κ2) is 9.81. The van der Waals surface area contributed by atoms with E-state index in [1.807, 2.05) is 32.9 Å². The molecular weight excluding hydrogens is 320 g/mol. The quantitative estimate of drug-likeness (QED) is 0.731. The Balaban J connectivity index is 2.70. The minimum atomic E-state index is -0.615. The van der Waals surface area contributed by atoms with Gasteiger partial charge >= 0.3 is 5.97 Å². The number of esters is 1. The Hall–Kier alpha value is -2.37. The van der Waals surface area contributed by atoms with Crippen LogP contribution in [0, 0.1) is 12.8 Å². The summed E-state index contributed by atoms with van der Waals surface area (Å²) >= 11 is 0. The van der Waals surface area contributed by atoms with E-state index in [0.29, 0.717) is 18.5 Å². The molecule has 0 aliphatic heterocycles. The van der Waals surface area contributed by atoms with Gasteiger partial charge in [-0.2, -0.15) is 0 Å². The lowest BCUT2D eigenvalue weighted by Crippen LogP contribution is -2.50. The molecule has 0 aliphatic rings. The third kappa shape index (κ3) is 6.57. The number of nitrogens with one attached hydrogen (secondary N) is 1. The fourth-order valence-corrected chi connectivity index (χ4v) is 2.43. The van der Waals surface area contributed by atoms with Crippen LogP contribution in [0.5, 0.6) is 0 Å². The number of hydrogen-bond donors (Lipinski definition) is 1. The molecule has 6 nitrogen and oxygen atoms in total. The maximum absolute atomic E-state index is 12.7. The van der Waals surface area contributed by atoms with Crippen LogP contribution in [0.1, 0.15) is 42.6 Å². The highest BCUT2D eigenvalue weighted by molar-refractivity contribution is 5.97. The van der Waals surface area contributed by atoms with Crippen molar-refractivity contribution >= 4 is 17.8 Å². The number of carbonyl (C=O) groups excluding carboxylic acids is 3. The van der Waals surface area contributed by atoms with Crippen LogP contribution in [0.25, 0.3) is 0 Å². The third-order valence-electron chi connectivity index (χ3n) is 3.98. The zero-order valence-corrected chi connectivity index (χ0v) is 15.7. The Labute approximate surface area is 149 Å². The first-order chi connectivity index (χ1) is 11.8. The van der Waals surface area contributed by atoms with E-state index < -0.39 is 6.04 Å². The molecule has 0 fully saturated rings. The highest BCUT2D eigenvalue weighted by atomic mass is 16.5. The van der Waals surface area contributed by atoms with E-state index in [2.05, 4.69) is 10.1 Å². The number of nitrogens with zero attached hydrogens (tertiary/aromatic N) is 1. The van der Waals surface area contributed by atoms with Crippen molar-refractivity contribution in [2.45, 2.75) is 39.7 Å². The van der Waals surface area contributed by atoms with Crippen molar-refractivity contribution in [3.63, 3.8) is 0 Å². The standard InChI is InChI=1S/C19H28N2O4/c1-13(2)17(19(24)21(4)11-7-10-16(22)25-5)20-18(23)15-9-6-8-14(3)12-15/h6,8-9,12-13,17H,7,10-11H2,1-5H3,(H,20,23). The molecule has 0 heterocycles. The Kier molecular flexibility index (Phi) is 8.11. The number of likely N-dealkylation sites (N-methyl/N-ethyl adjacent to an activating group) is 1. The topological polar surface area (TPSA) is 75.7 Å². The molecule has 1 N–H and O–H groups in total. The number of amides is 2. The molecule has 1 unspecified atom stereocenters. The van der Waals surface area contributed by atoms with Gasteiger partial charge in [0, 0.05) is 25.6 Å². The van der Waals surface area contributed by atoms with Crippen molar-refractivity contribution < 1.29 is 19.1 Å².